The standard InChI is InChI=1S/C4H8O2.K/c1-4(6)2-3-5;/h4H,2-3H2,1H3;/q-2;+1. The Morgan fingerprint density at radius 3 is 2.00 bits per heavy atom. The average Bonchev–Trinajstić information content (AvgIpc) is 1.35. The molecular weight excluding hydrogens is 119 g/mol. The maximum atomic E-state index is 9.93. The van der Waals surface area contributed by atoms with Gasteiger partial charge in [-0.2, -0.15) is 0 Å². The van der Waals surface area contributed by atoms with Crippen LogP contribution in [0.25, 0.3) is 0 Å². The molecule has 38 valence electrons. The van der Waals surface area contributed by atoms with Crippen molar-refractivity contribution in [3.05, 3.63) is 0 Å². The second-order valence-corrected chi connectivity index (χ2v) is 1.30. The Morgan fingerprint density at radius 1 is 1.57 bits per heavy atom. The van der Waals surface area contributed by atoms with Crippen LogP contribution in [-0.4, -0.2) is 12.7 Å². The van der Waals surface area contributed by atoms with E-state index in [9.17, 15) is 10.2 Å². The molecule has 1 unspecified atom stereocenters. The Labute approximate surface area is 86.3 Å². The maximum absolute atomic E-state index is 9.93. The Hall–Kier alpha value is 1.56. The second kappa shape index (κ2) is 7.56. The summed E-state index contributed by atoms with van der Waals surface area (Å²) < 4.78 is 0. The normalized spacial score (nSPS) is 12.4. The molecule has 0 fully saturated rings. The maximum Gasteiger partial charge on any atom is 1.00 e. The predicted octanol–water partition coefficient (Wildman–Crippen LogP) is -4.51. The summed E-state index contributed by atoms with van der Waals surface area (Å²) in [5.41, 5.74) is 0. The van der Waals surface area contributed by atoms with Crippen molar-refractivity contribution < 1.29 is 61.6 Å². The van der Waals surface area contributed by atoms with Crippen molar-refractivity contribution in [3.63, 3.8) is 0 Å². The van der Waals surface area contributed by atoms with Gasteiger partial charge in [0.05, 0.1) is 0 Å². The van der Waals surface area contributed by atoms with Crippen LogP contribution in [0.2, 0.25) is 0 Å². The van der Waals surface area contributed by atoms with E-state index in [4.69, 9.17) is 0 Å². The number of rotatable bonds is 2. The predicted molar refractivity (Wildman–Crippen MR) is 18.9 cm³/mol. The van der Waals surface area contributed by atoms with Crippen LogP contribution in [0.4, 0.5) is 0 Å². The van der Waals surface area contributed by atoms with E-state index >= 15 is 0 Å². The molecule has 0 aliphatic heterocycles. The van der Waals surface area contributed by atoms with Gasteiger partial charge in [0.1, 0.15) is 0 Å². The van der Waals surface area contributed by atoms with Crippen LogP contribution < -0.4 is 61.6 Å². The first-order valence-corrected chi connectivity index (χ1v) is 2.01. The minimum atomic E-state index is -0.664. The Kier molecular flexibility index (Phi) is 12.3. The van der Waals surface area contributed by atoms with Gasteiger partial charge in [0.2, 0.25) is 0 Å². The molecule has 0 saturated carbocycles. The summed E-state index contributed by atoms with van der Waals surface area (Å²) in [6.45, 7) is 1.27. The van der Waals surface area contributed by atoms with Crippen molar-refractivity contribution in [2.24, 2.45) is 0 Å². The molecule has 0 rings (SSSR count). The zero-order chi connectivity index (χ0) is 4.99. The summed E-state index contributed by atoms with van der Waals surface area (Å²) in [7, 11) is 0. The summed E-state index contributed by atoms with van der Waals surface area (Å²) >= 11 is 0. The molecule has 0 N–H and O–H groups in total. The van der Waals surface area contributed by atoms with Gasteiger partial charge >= 0.3 is 51.4 Å². The van der Waals surface area contributed by atoms with Crippen molar-refractivity contribution in [2.75, 3.05) is 6.61 Å². The van der Waals surface area contributed by atoms with Gasteiger partial charge in [-0.05, 0) is 0 Å². The van der Waals surface area contributed by atoms with Gasteiger partial charge in [0.25, 0.3) is 0 Å². The first-order valence-electron chi connectivity index (χ1n) is 2.01. The molecule has 1 atom stereocenters. The minimum absolute atomic E-state index is 0. The smallest absolute Gasteiger partial charge is 0.854 e. The van der Waals surface area contributed by atoms with Gasteiger partial charge in [-0.1, -0.05) is 13.3 Å². The molecule has 0 aliphatic carbocycles. The van der Waals surface area contributed by atoms with E-state index in [0.29, 0.717) is 0 Å². The van der Waals surface area contributed by atoms with Crippen molar-refractivity contribution in [1.29, 1.82) is 0 Å². The molecule has 0 aromatic heterocycles. The van der Waals surface area contributed by atoms with E-state index in [2.05, 4.69) is 0 Å². The largest absolute Gasteiger partial charge is 1.00 e. The van der Waals surface area contributed by atoms with E-state index in [1.165, 1.54) is 6.92 Å². The Bertz CT molecular complexity index is 30.9. The summed E-state index contributed by atoms with van der Waals surface area (Å²) in [5.74, 6) is 0. The van der Waals surface area contributed by atoms with E-state index in [-0.39, 0.29) is 64.4 Å². The summed E-state index contributed by atoms with van der Waals surface area (Å²) in [5, 5.41) is 19.5. The third kappa shape index (κ3) is 11.2. The summed E-state index contributed by atoms with van der Waals surface area (Å²) in [4.78, 5) is 0. The van der Waals surface area contributed by atoms with Crippen LogP contribution in [0.15, 0.2) is 0 Å². The molecular formula is C4H8KO2-. The molecule has 0 amide bonds. The van der Waals surface area contributed by atoms with Crippen LogP contribution in [-0.2, 0) is 0 Å². The fourth-order valence-electron chi connectivity index (χ4n) is 0.166. The molecule has 0 aromatic rings. The van der Waals surface area contributed by atoms with Gasteiger partial charge in [-0.15, -0.1) is 12.7 Å². The van der Waals surface area contributed by atoms with Crippen LogP contribution in [0, 0.1) is 0 Å². The molecule has 7 heavy (non-hydrogen) atoms. The monoisotopic (exact) mass is 127 g/mol. The SMILES string of the molecule is CC([O-])CC[O-].[K+]. The molecule has 0 heterocycles. The van der Waals surface area contributed by atoms with Crippen molar-refractivity contribution >= 4 is 0 Å². The fourth-order valence-corrected chi connectivity index (χ4v) is 0.166. The Balaban J connectivity index is 0. The summed E-state index contributed by atoms with van der Waals surface area (Å²) in [6, 6.07) is 0. The molecule has 3 heteroatoms. The van der Waals surface area contributed by atoms with E-state index in [1.807, 2.05) is 0 Å². The average molecular weight is 127 g/mol. The van der Waals surface area contributed by atoms with E-state index in [1.54, 1.807) is 0 Å². The van der Waals surface area contributed by atoms with Gasteiger partial charge in [0, 0.05) is 0 Å². The second-order valence-electron chi connectivity index (χ2n) is 1.30. The van der Waals surface area contributed by atoms with Crippen LogP contribution in [0.1, 0.15) is 13.3 Å². The van der Waals surface area contributed by atoms with E-state index in [0.717, 1.165) is 0 Å². The number of hydrogen-bond donors (Lipinski definition) is 0. The first-order chi connectivity index (χ1) is 2.77. The molecule has 0 aliphatic rings. The molecule has 2 nitrogen and oxygen atoms in total. The third-order valence-corrected chi connectivity index (χ3v) is 0.524. The Morgan fingerprint density at radius 2 is 2.00 bits per heavy atom. The zero-order valence-corrected chi connectivity index (χ0v) is 7.93. The van der Waals surface area contributed by atoms with Crippen LogP contribution in [0.5, 0.6) is 0 Å². The molecule has 0 radical (unpaired) electrons. The zero-order valence-electron chi connectivity index (χ0n) is 4.81. The minimum Gasteiger partial charge on any atom is -0.854 e. The van der Waals surface area contributed by atoms with Gasteiger partial charge in [-0.25, -0.2) is 0 Å². The number of hydrogen-bond acceptors (Lipinski definition) is 2. The quantitative estimate of drug-likeness (QED) is 0.351. The topological polar surface area (TPSA) is 46.1 Å². The van der Waals surface area contributed by atoms with Crippen LogP contribution in [0.3, 0.4) is 0 Å². The van der Waals surface area contributed by atoms with Crippen LogP contribution >= 0.6 is 0 Å². The molecule has 0 bridgehead atoms. The third-order valence-electron chi connectivity index (χ3n) is 0.524. The van der Waals surface area contributed by atoms with Crippen molar-refractivity contribution in [2.45, 2.75) is 19.4 Å². The molecule has 0 aromatic carbocycles. The summed E-state index contributed by atoms with van der Waals surface area (Å²) in [6.07, 6.45) is -0.400. The molecule has 0 spiro atoms. The van der Waals surface area contributed by atoms with E-state index < -0.39 is 6.10 Å². The van der Waals surface area contributed by atoms with Crippen molar-refractivity contribution in [3.8, 4) is 0 Å². The first kappa shape index (κ1) is 11.4. The van der Waals surface area contributed by atoms with Gasteiger partial charge in [-0.3, -0.25) is 0 Å². The van der Waals surface area contributed by atoms with Crippen molar-refractivity contribution in [1.82, 2.24) is 0 Å². The molecule has 0 saturated heterocycles. The van der Waals surface area contributed by atoms with Gasteiger partial charge in [0.15, 0.2) is 0 Å². The fraction of sp³-hybridized carbons (Fsp3) is 1.00. The van der Waals surface area contributed by atoms with Gasteiger partial charge < -0.3 is 10.2 Å².